The number of hydrogen-bond donors (Lipinski definition) is 0. The molecule has 0 fully saturated rings. The lowest BCUT2D eigenvalue weighted by atomic mass is 10.0. The summed E-state index contributed by atoms with van der Waals surface area (Å²) in [6.45, 7) is 4.51. The topological polar surface area (TPSA) is 22.0 Å². The number of carbonyl (C=O) groups excluding carboxylic acids is 1. The van der Waals surface area contributed by atoms with Gasteiger partial charge in [0.25, 0.3) is 0 Å². The average molecular weight is 294 g/mol. The minimum absolute atomic E-state index is 0.139. The number of carbonyl (C=O) groups is 1. The van der Waals surface area contributed by atoms with Crippen LogP contribution in [0.15, 0.2) is 34.9 Å². The van der Waals surface area contributed by atoms with Crippen LogP contribution in [-0.2, 0) is 11.3 Å². The second-order valence-corrected chi connectivity index (χ2v) is 5.25. The van der Waals surface area contributed by atoms with Crippen LogP contribution in [0.4, 0.5) is 0 Å². The Morgan fingerprint density at radius 3 is 2.88 bits per heavy atom. The number of nitrogens with zero attached hydrogens (tertiary/aromatic N) is 1. The summed E-state index contributed by atoms with van der Waals surface area (Å²) < 4.78 is 3.10. The highest BCUT2D eigenvalue weighted by atomic mass is 79.9. The summed E-state index contributed by atoms with van der Waals surface area (Å²) in [5, 5.41) is 1.16. The Kier molecular flexibility index (Phi) is 3.67. The van der Waals surface area contributed by atoms with E-state index in [2.05, 4.69) is 15.9 Å². The summed E-state index contributed by atoms with van der Waals surface area (Å²) in [6, 6.07) is 8.10. The normalized spacial score (nSPS) is 12.9. The average Bonchev–Trinajstić information content (AvgIpc) is 2.73. The van der Waals surface area contributed by atoms with E-state index in [1.807, 2.05) is 48.9 Å². The molecule has 0 aliphatic heterocycles. The SMILES string of the molecule is CCC(C)C(=O)Cn1ccc2c(Br)cccc21. The van der Waals surface area contributed by atoms with Gasteiger partial charge in [0.05, 0.1) is 6.54 Å². The molecule has 1 unspecified atom stereocenters. The molecule has 0 aliphatic rings. The van der Waals surface area contributed by atoms with Crippen LogP contribution in [0, 0.1) is 5.92 Å². The molecule has 17 heavy (non-hydrogen) atoms. The number of ketones is 1. The summed E-state index contributed by atoms with van der Waals surface area (Å²) in [5.41, 5.74) is 1.11. The molecular weight excluding hydrogens is 278 g/mol. The molecule has 1 aromatic carbocycles. The molecule has 0 N–H and O–H groups in total. The smallest absolute Gasteiger partial charge is 0.155 e. The summed E-state index contributed by atoms with van der Waals surface area (Å²) >= 11 is 3.52. The van der Waals surface area contributed by atoms with Gasteiger partial charge in [-0.25, -0.2) is 0 Å². The van der Waals surface area contributed by atoms with Crippen molar-refractivity contribution in [1.29, 1.82) is 0 Å². The molecular formula is C14H16BrNO. The summed E-state index contributed by atoms with van der Waals surface area (Å²) in [4.78, 5) is 11.9. The van der Waals surface area contributed by atoms with E-state index in [9.17, 15) is 4.79 Å². The number of aromatic nitrogens is 1. The van der Waals surface area contributed by atoms with Crippen molar-refractivity contribution in [3.05, 3.63) is 34.9 Å². The lowest BCUT2D eigenvalue weighted by Gasteiger charge is -2.09. The maximum atomic E-state index is 11.9. The predicted octanol–water partition coefficient (Wildman–Crippen LogP) is 4.02. The first-order chi connectivity index (χ1) is 8.13. The lowest BCUT2D eigenvalue weighted by molar-refractivity contribution is -0.122. The first-order valence-electron chi connectivity index (χ1n) is 5.89. The summed E-state index contributed by atoms with van der Waals surface area (Å²) in [5.74, 6) is 0.435. The van der Waals surface area contributed by atoms with Gasteiger partial charge < -0.3 is 4.57 Å². The van der Waals surface area contributed by atoms with Gasteiger partial charge in [0.2, 0.25) is 0 Å². The molecule has 1 heterocycles. The predicted molar refractivity (Wildman–Crippen MR) is 74.1 cm³/mol. The van der Waals surface area contributed by atoms with Gasteiger partial charge in [-0.15, -0.1) is 0 Å². The Labute approximate surface area is 110 Å². The molecule has 2 aromatic rings. The number of fused-ring (bicyclic) bond motifs is 1. The van der Waals surface area contributed by atoms with Gasteiger partial charge in [-0.05, 0) is 24.6 Å². The van der Waals surface area contributed by atoms with E-state index in [0.29, 0.717) is 12.3 Å². The number of benzene rings is 1. The van der Waals surface area contributed by atoms with E-state index in [-0.39, 0.29) is 5.92 Å². The Morgan fingerprint density at radius 1 is 1.41 bits per heavy atom. The van der Waals surface area contributed by atoms with Crippen molar-refractivity contribution in [2.75, 3.05) is 0 Å². The van der Waals surface area contributed by atoms with Gasteiger partial charge in [-0.3, -0.25) is 4.79 Å². The van der Waals surface area contributed by atoms with Crippen molar-refractivity contribution in [2.45, 2.75) is 26.8 Å². The molecule has 0 amide bonds. The van der Waals surface area contributed by atoms with Gasteiger partial charge in [-0.2, -0.15) is 0 Å². The molecule has 0 spiro atoms. The molecule has 1 aromatic heterocycles. The van der Waals surface area contributed by atoms with Gasteiger partial charge in [-0.1, -0.05) is 35.8 Å². The molecule has 0 saturated heterocycles. The van der Waals surface area contributed by atoms with Crippen LogP contribution in [-0.4, -0.2) is 10.4 Å². The highest BCUT2D eigenvalue weighted by molar-refractivity contribution is 9.10. The second kappa shape index (κ2) is 5.05. The number of Topliss-reactive ketones (excluding diaryl/α,β-unsaturated/α-hetero) is 1. The Balaban J connectivity index is 2.31. The van der Waals surface area contributed by atoms with Gasteiger partial charge in [0.1, 0.15) is 0 Å². The third kappa shape index (κ3) is 2.44. The maximum absolute atomic E-state index is 11.9. The lowest BCUT2D eigenvalue weighted by Crippen LogP contribution is -2.16. The zero-order chi connectivity index (χ0) is 12.4. The van der Waals surface area contributed by atoms with Gasteiger partial charge in [0.15, 0.2) is 5.78 Å². The van der Waals surface area contributed by atoms with E-state index < -0.39 is 0 Å². The fraction of sp³-hybridized carbons (Fsp3) is 0.357. The van der Waals surface area contributed by atoms with Crippen LogP contribution >= 0.6 is 15.9 Å². The molecule has 2 nitrogen and oxygen atoms in total. The maximum Gasteiger partial charge on any atom is 0.155 e. The fourth-order valence-corrected chi connectivity index (χ4v) is 2.36. The molecule has 0 radical (unpaired) electrons. The van der Waals surface area contributed by atoms with Crippen LogP contribution in [0.25, 0.3) is 10.9 Å². The molecule has 0 bridgehead atoms. The number of halogens is 1. The minimum atomic E-state index is 0.139. The van der Waals surface area contributed by atoms with Crippen LogP contribution in [0.1, 0.15) is 20.3 Å². The Hall–Kier alpha value is -1.09. The zero-order valence-corrected chi connectivity index (χ0v) is 11.7. The minimum Gasteiger partial charge on any atom is -0.340 e. The van der Waals surface area contributed by atoms with Crippen molar-refractivity contribution >= 4 is 32.6 Å². The highest BCUT2D eigenvalue weighted by Crippen LogP contribution is 2.24. The van der Waals surface area contributed by atoms with E-state index >= 15 is 0 Å². The summed E-state index contributed by atoms with van der Waals surface area (Å²) in [6.07, 6.45) is 2.89. The van der Waals surface area contributed by atoms with E-state index in [4.69, 9.17) is 0 Å². The number of hydrogen-bond acceptors (Lipinski definition) is 1. The first kappa shape index (κ1) is 12.4. The molecule has 1 atom stereocenters. The standard InChI is InChI=1S/C14H16BrNO/c1-3-10(2)14(17)9-16-8-7-11-12(15)5-4-6-13(11)16/h4-8,10H,3,9H2,1-2H3. The molecule has 0 saturated carbocycles. The third-order valence-corrected chi connectivity index (χ3v) is 3.94. The van der Waals surface area contributed by atoms with Crippen LogP contribution in [0.5, 0.6) is 0 Å². The molecule has 3 heteroatoms. The fourth-order valence-electron chi connectivity index (χ4n) is 1.88. The monoisotopic (exact) mass is 293 g/mol. The van der Waals surface area contributed by atoms with Crippen molar-refractivity contribution in [1.82, 2.24) is 4.57 Å². The quantitative estimate of drug-likeness (QED) is 0.834. The van der Waals surface area contributed by atoms with Crippen molar-refractivity contribution < 1.29 is 4.79 Å². The van der Waals surface area contributed by atoms with Crippen molar-refractivity contribution in [3.63, 3.8) is 0 Å². The van der Waals surface area contributed by atoms with E-state index in [0.717, 1.165) is 21.8 Å². The Bertz CT molecular complexity index is 544. The van der Waals surface area contributed by atoms with E-state index in [1.165, 1.54) is 0 Å². The van der Waals surface area contributed by atoms with E-state index in [1.54, 1.807) is 0 Å². The van der Waals surface area contributed by atoms with Crippen molar-refractivity contribution in [2.24, 2.45) is 5.92 Å². The molecule has 0 aliphatic carbocycles. The number of rotatable bonds is 4. The van der Waals surface area contributed by atoms with Gasteiger partial charge in [0, 0.05) is 27.5 Å². The molecule has 2 rings (SSSR count). The van der Waals surface area contributed by atoms with Crippen molar-refractivity contribution in [3.8, 4) is 0 Å². The molecule has 90 valence electrons. The van der Waals surface area contributed by atoms with Crippen LogP contribution in [0.3, 0.4) is 0 Å². The highest BCUT2D eigenvalue weighted by Gasteiger charge is 2.12. The summed E-state index contributed by atoms with van der Waals surface area (Å²) in [7, 11) is 0. The zero-order valence-electron chi connectivity index (χ0n) is 10.1. The first-order valence-corrected chi connectivity index (χ1v) is 6.69. The van der Waals surface area contributed by atoms with Gasteiger partial charge >= 0.3 is 0 Å². The van der Waals surface area contributed by atoms with Crippen LogP contribution in [0.2, 0.25) is 0 Å². The largest absolute Gasteiger partial charge is 0.340 e. The second-order valence-electron chi connectivity index (χ2n) is 4.39. The van der Waals surface area contributed by atoms with Crippen LogP contribution < -0.4 is 0 Å². The Morgan fingerprint density at radius 2 is 2.18 bits per heavy atom. The third-order valence-electron chi connectivity index (χ3n) is 3.25.